The molecule has 3 nitrogen and oxygen atoms in total. The van der Waals surface area contributed by atoms with Crippen LogP contribution in [-0.2, 0) is 0 Å². The highest BCUT2D eigenvalue weighted by molar-refractivity contribution is 9.10. The Morgan fingerprint density at radius 1 is 1.17 bits per heavy atom. The largest absolute Gasteiger partial charge is 0.456 e. The molecule has 1 N–H and O–H groups in total. The lowest BCUT2D eigenvalue weighted by Gasteiger charge is -2.11. The average molecular weight is 308 g/mol. The van der Waals surface area contributed by atoms with Crippen LogP contribution < -0.4 is 5.32 Å². The van der Waals surface area contributed by atoms with Crippen molar-refractivity contribution >= 4 is 27.5 Å². The SMILES string of the molecule is Cc1ccc(C(=O)Nc2c(C)cc(Br)cc2C)o1. The number of halogens is 1. The number of amides is 1. The Morgan fingerprint density at radius 2 is 1.78 bits per heavy atom. The predicted octanol–water partition coefficient (Wildman–Crippen LogP) is 4.22. The molecule has 0 spiro atoms. The fourth-order valence-corrected chi connectivity index (χ4v) is 2.53. The molecule has 4 heteroatoms. The van der Waals surface area contributed by atoms with Crippen LogP contribution in [0.5, 0.6) is 0 Å². The van der Waals surface area contributed by atoms with Crippen molar-refractivity contribution in [1.29, 1.82) is 0 Å². The van der Waals surface area contributed by atoms with Gasteiger partial charge in [-0.25, -0.2) is 0 Å². The first-order chi connectivity index (χ1) is 8.47. The van der Waals surface area contributed by atoms with Crippen LogP contribution in [0.1, 0.15) is 27.4 Å². The molecular weight excluding hydrogens is 294 g/mol. The maximum Gasteiger partial charge on any atom is 0.291 e. The predicted molar refractivity (Wildman–Crippen MR) is 75.0 cm³/mol. The number of hydrogen-bond donors (Lipinski definition) is 1. The summed E-state index contributed by atoms with van der Waals surface area (Å²) in [5.74, 6) is 0.829. The molecule has 0 aliphatic rings. The second kappa shape index (κ2) is 4.98. The van der Waals surface area contributed by atoms with E-state index in [0.717, 1.165) is 27.0 Å². The number of carbonyl (C=O) groups is 1. The summed E-state index contributed by atoms with van der Waals surface area (Å²) >= 11 is 3.43. The van der Waals surface area contributed by atoms with E-state index in [0.29, 0.717) is 5.76 Å². The van der Waals surface area contributed by atoms with Gasteiger partial charge in [0.25, 0.3) is 5.91 Å². The van der Waals surface area contributed by atoms with Crippen LogP contribution in [0.4, 0.5) is 5.69 Å². The van der Waals surface area contributed by atoms with Gasteiger partial charge in [-0.05, 0) is 56.2 Å². The van der Waals surface area contributed by atoms with Crippen molar-refractivity contribution in [2.45, 2.75) is 20.8 Å². The minimum atomic E-state index is -0.225. The fraction of sp³-hybridized carbons (Fsp3) is 0.214. The normalized spacial score (nSPS) is 10.4. The fourth-order valence-electron chi connectivity index (χ4n) is 1.84. The quantitative estimate of drug-likeness (QED) is 0.902. The van der Waals surface area contributed by atoms with E-state index in [4.69, 9.17) is 4.42 Å². The summed E-state index contributed by atoms with van der Waals surface area (Å²) < 4.78 is 6.30. The highest BCUT2D eigenvalue weighted by Crippen LogP contribution is 2.25. The van der Waals surface area contributed by atoms with Crippen molar-refractivity contribution in [2.75, 3.05) is 5.32 Å². The Bertz CT molecular complexity index is 579. The average Bonchev–Trinajstić information content (AvgIpc) is 2.70. The molecule has 2 aromatic rings. The molecule has 1 aromatic carbocycles. The van der Waals surface area contributed by atoms with Gasteiger partial charge in [-0.2, -0.15) is 0 Å². The highest BCUT2D eigenvalue weighted by atomic mass is 79.9. The van der Waals surface area contributed by atoms with Crippen molar-refractivity contribution < 1.29 is 9.21 Å². The summed E-state index contributed by atoms with van der Waals surface area (Å²) in [6.07, 6.45) is 0. The van der Waals surface area contributed by atoms with Gasteiger partial charge in [0, 0.05) is 10.2 Å². The second-order valence-electron chi connectivity index (χ2n) is 4.28. The molecule has 0 radical (unpaired) electrons. The number of nitrogens with one attached hydrogen (secondary N) is 1. The van der Waals surface area contributed by atoms with E-state index in [1.165, 1.54) is 0 Å². The Kier molecular flexibility index (Phi) is 3.57. The van der Waals surface area contributed by atoms with Crippen LogP contribution in [0.15, 0.2) is 33.2 Å². The van der Waals surface area contributed by atoms with Crippen molar-refractivity contribution in [3.05, 3.63) is 51.4 Å². The van der Waals surface area contributed by atoms with Gasteiger partial charge < -0.3 is 9.73 Å². The molecule has 0 bridgehead atoms. The lowest BCUT2D eigenvalue weighted by Crippen LogP contribution is -2.13. The number of carbonyl (C=O) groups excluding carboxylic acids is 1. The summed E-state index contributed by atoms with van der Waals surface area (Å²) in [6.45, 7) is 5.73. The number of hydrogen-bond acceptors (Lipinski definition) is 2. The van der Waals surface area contributed by atoms with E-state index >= 15 is 0 Å². The molecular formula is C14H14BrNO2. The minimum Gasteiger partial charge on any atom is -0.456 e. The lowest BCUT2D eigenvalue weighted by molar-refractivity contribution is 0.0995. The molecule has 0 aliphatic heterocycles. The van der Waals surface area contributed by atoms with Crippen molar-refractivity contribution in [3.8, 4) is 0 Å². The molecule has 1 heterocycles. The zero-order valence-electron chi connectivity index (χ0n) is 10.5. The minimum absolute atomic E-state index is 0.225. The van der Waals surface area contributed by atoms with Crippen LogP contribution in [-0.4, -0.2) is 5.91 Å². The van der Waals surface area contributed by atoms with Gasteiger partial charge in [0.15, 0.2) is 5.76 Å². The number of rotatable bonds is 2. The standard InChI is InChI=1S/C14H14BrNO2/c1-8-6-11(15)7-9(2)13(8)16-14(17)12-5-4-10(3)18-12/h4-7H,1-3H3,(H,16,17). The second-order valence-corrected chi connectivity index (χ2v) is 5.19. The molecule has 2 rings (SSSR count). The van der Waals surface area contributed by atoms with Crippen LogP contribution in [0.2, 0.25) is 0 Å². The van der Waals surface area contributed by atoms with Gasteiger partial charge in [0.1, 0.15) is 5.76 Å². The van der Waals surface area contributed by atoms with E-state index < -0.39 is 0 Å². The van der Waals surface area contributed by atoms with E-state index in [-0.39, 0.29) is 5.91 Å². The zero-order chi connectivity index (χ0) is 13.3. The third-order valence-corrected chi connectivity index (χ3v) is 3.16. The molecule has 0 atom stereocenters. The van der Waals surface area contributed by atoms with Crippen molar-refractivity contribution in [2.24, 2.45) is 0 Å². The Labute approximate surface area is 114 Å². The Hall–Kier alpha value is -1.55. The summed E-state index contributed by atoms with van der Waals surface area (Å²) in [5.41, 5.74) is 2.86. The molecule has 0 unspecified atom stereocenters. The third-order valence-electron chi connectivity index (χ3n) is 2.70. The summed E-state index contributed by atoms with van der Waals surface area (Å²) in [5, 5.41) is 2.88. The van der Waals surface area contributed by atoms with Gasteiger partial charge in [0.05, 0.1) is 0 Å². The summed E-state index contributed by atoms with van der Waals surface area (Å²) in [4.78, 5) is 12.0. The zero-order valence-corrected chi connectivity index (χ0v) is 12.1. The number of aryl methyl sites for hydroxylation is 3. The molecule has 0 aliphatic carbocycles. The van der Waals surface area contributed by atoms with Gasteiger partial charge in [-0.3, -0.25) is 4.79 Å². The third kappa shape index (κ3) is 2.64. The van der Waals surface area contributed by atoms with E-state index in [9.17, 15) is 4.79 Å². The van der Waals surface area contributed by atoms with Crippen LogP contribution in [0, 0.1) is 20.8 Å². The van der Waals surface area contributed by atoms with Gasteiger partial charge in [-0.1, -0.05) is 15.9 Å². The molecule has 1 amide bonds. The maximum atomic E-state index is 12.0. The summed E-state index contributed by atoms with van der Waals surface area (Å²) in [7, 11) is 0. The van der Waals surface area contributed by atoms with E-state index in [1.54, 1.807) is 12.1 Å². The number of benzene rings is 1. The van der Waals surface area contributed by atoms with Gasteiger partial charge in [0.2, 0.25) is 0 Å². The maximum absolute atomic E-state index is 12.0. The van der Waals surface area contributed by atoms with Crippen molar-refractivity contribution in [3.63, 3.8) is 0 Å². The smallest absolute Gasteiger partial charge is 0.291 e. The Morgan fingerprint density at radius 3 is 2.28 bits per heavy atom. The van der Waals surface area contributed by atoms with E-state index in [2.05, 4.69) is 21.2 Å². The van der Waals surface area contributed by atoms with Crippen LogP contribution in [0.3, 0.4) is 0 Å². The molecule has 0 saturated carbocycles. The topological polar surface area (TPSA) is 42.2 Å². The highest BCUT2D eigenvalue weighted by Gasteiger charge is 2.13. The van der Waals surface area contributed by atoms with Crippen LogP contribution in [0.25, 0.3) is 0 Å². The molecule has 1 aromatic heterocycles. The lowest BCUT2D eigenvalue weighted by atomic mass is 10.1. The molecule has 0 fully saturated rings. The first kappa shape index (κ1) is 12.9. The van der Waals surface area contributed by atoms with Gasteiger partial charge in [-0.15, -0.1) is 0 Å². The molecule has 0 saturated heterocycles. The van der Waals surface area contributed by atoms with E-state index in [1.807, 2.05) is 32.9 Å². The first-order valence-corrected chi connectivity index (χ1v) is 6.41. The monoisotopic (exact) mass is 307 g/mol. The Balaban J connectivity index is 2.27. The van der Waals surface area contributed by atoms with Crippen molar-refractivity contribution in [1.82, 2.24) is 0 Å². The van der Waals surface area contributed by atoms with Gasteiger partial charge >= 0.3 is 0 Å². The first-order valence-electron chi connectivity index (χ1n) is 5.62. The number of anilines is 1. The summed E-state index contributed by atoms with van der Waals surface area (Å²) in [6, 6.07) is 7.39. The molecule has 94 valence electrons. The molecule has 18 heavy (non-hydrogen) atoms. The van der Waals surface area contributed by atoms with Crippen LogP contribution >= 0.6 is 15.9 Å². The number of furan rings is 1.